The lowest BCUT2D eigenvalue weighted by Gasteiger charge is -2.28. The van der Waals surface area contributed by atoms with Crippen LogP contribution in [0.3, 0.4) is 0 Å². The van der Waals surface area contributed by atoms with E-state index in [2.05, 4.69) is 27.7 Å². The molecule has 0 aromatic carbocycles. The van der Waals surface area contributed by atoms with E-state index in [9.17, 15) is 0 Å². The van der Waals surface area contributed by atoms with Gasteiger partial charge < -0.3 is 0 Å². The molecule has 0 aliphatic carbocycles. The lowest BCUT2D eigenvalue weighted by Crippen LogP contribution is -1.96. The van der Waals surface area contributed by atoms with Gasteiger partial charge in [-0.15, -0.1) is 0 Å². The van der Waals surface area contributed by atoms with Crippen LogP contribution in [0.25, 0.3) is 0 Å². The molecule has 0 aromatic heterocycles. The fraction of sp³-hybridized carbons (Fsp3) is 1.00. The second-order valence-corrected chi connectivity index (χ2v) is 12.5. The standard InChI is InChI=1S/C16H36P2/c1-5-9-13-17(14-10-6-2)18(15-11-7-3)16-12-8-4/h5-16H2,1-4H3. The molecule has 0 rings (SSSR count). The maximum Gasteiger partial charge on any atom is -0.0287 e. The molecule has 0 nitrogen and oxygen atoms in total. The Balaban J connectivity index is 4.27. The number of unbranched alkanes of at least 4 members (excludes halogenated alkanes) is 4. The van der Waals surface area contributed by atoms with Gasteiger partial charge in [-0.1, -0.05) is 68.6 Å². The Kier molecular flexibility index (Phi) is 15.0. The van der Waals surface area contributed by atoms with E-state index in [1.54, 1.807) is 24.6 Å². The topological polar surface area (TPSA) is 0 Å². The largest absolute Gasteiger partial charge is 0.0810 e. The highest BCUT2D eigenvalue weighted by atomic mass is 32.1. The van der Waals surface area contributed by atoms with Crippen molar-refractivity contribution < 1.29 is 0 Å². The molecule has 2 heteroatoms. The minimum Gasteiger partial charge on any atom is -0.0810 e. The zero-order valence-electron chi connectivity index (χ0n) is 13.4. The third kappa shape index (κ3) is 9.75. The SMILES string of the molecule is CCCCP(CCCC)P(CCCC)CCCC. The molecule has 0 saturated carbocycles. The summed E-state index contributed by atoms with van der Waals surface area (Å²) in [4.78, 5) is 0. The van der Waals surface area contributed by atoms with Crippen LogP contribution in [0.4, 0.5) is 0 Å². The molecule has 0 aromatic rings. The monoisotopic (exact) mass is 290 g/mol. The van der Waals surface area contributed by atoms with E-state index < -0.39 is 0 Å². The van der Waals surface area contributed by atoms with Crippen molar-refractivity contribution in [1.29, 1.82) is 0 Å². The molecule has 0 unspecified atom stereocenters. The van der Waals surface area contributed by atoms with Gasteiger partial charge in [-0.3, -0.25) is 0 Å². The molecule has 0 bridgehead atoms. The zero-order valence-corrected chi connectivity index (χ0v) is 15.2. The van der Waals surface area contributed by atoms with E-state index in [-0.39, 0.29) is 0 Å². The van der Waals surface area contributed by atoms with Gasteiger partial charge in [0.05, 0.1) is 0 Å². The highest BCUT2D eigenvalue weighted by molar-refractivity contribution is 8.29. The van der Waals surface area contributed by atoms with Crippen LogP contribution in [0.5, 0.6) is 0 Å². The van der Waals surface area contributed by atoms with E-state index in [1.165, 1.54) is 51.4 Å². The predicted molar refractivity (Wildman–Crippen MR) is 92.9 cm³/mol. The van der Waals surface area contributed by atoms with Crippen LogP contribution in [0.2, 0.25) is 0 Å². The summed E-state index contributed by atoms with van der Waals surface area (Å²) >= 11 is 0. The van der Waals surface area contributed by atoms with Gasteiger partial charge in [0.25, 0.3) is 0 Å². The van der Waals surface area contributed by atoms with E-state index in [0.717, 1.165) is 0 Å². The van der Waals surface area contributed by atoms with Crippen molar-refractivity contribution in [2.75, 3.05) is 24.6 Å². The quantitative estimate of drug-likeness (QED) is 0.318. The van der Waals surface area contributed by atoms with Crippen LogP contribution in [-0.2, 0) is 0 Å². The van der Waals surface area contributed by atoms with E-state index in [4.69, 9.17) is 0 Å². The number of hydrogen-bond acceptors (Lipinski definition) is 0. The van der Waals surface area contributed by atoms with Gasteiger partial charge in [-0.25, -0.2) is 0 Å². The average molecular weight is 290 g/mol. The first-order valence-electron chi connectivity index (χ1n) is 8.29. The van der Waals surface area contributed by atoms with Crippen molar-refractivity contribution in [2.45, 2.75) is 79.1 Å². The Labute approximate surface area is 119 Å². The van der Waals surface area contributed by atoms with Gasteiger partial charge in [0.1, 0.15) is 0 Å². The summed E-state index contributed by atoms with van der Waals surface area (Å²) in [7, 11) is 0.811. The molecule has 0 heterocycles. The number of rotatable bonds is 13. The predicted octanol–water partition coefficient (Wildman–Crippen LogP) is 7.07. The first-order valence-corrected chi connectivity index (χ1v) is 12.4. The summed E-state index contributed by atoms with van der Waals surface area (Å²) in [5, 5.41) is 0. The van der Waals surface area contributed by atoms with Crippen LogP contribution in [0.1, 0.15) is 79.1 Å². The van der Waals surface area contributed by atoms with Crippen molar-refractivity contribution in [1.82, 2.24) is 0 Å². The van der Waals surface area contributed by atoms with E-state index >= 15 is 0 Å². The van der Waals surface area contributed by atoms with Crippen LogP contribution in [-0.4, -0.2) is 24.6 Å². The first-order chi connectivity index (χ1) is 8.79. The fourth-order valence-corrected chi connectivity index (χ4v) is 11.5. The van der Waals surface area contributed by atoms with Gasteiger partial charge in [0.2, 0.25) is 0 Å². The number of hydrogen-bond donors (Lipinski definition) is 0. The third-order valence-corrected chi connectivity index (χ3v) is 12.4. The Bertz CT molecular complexity index is 125. The summed E-state index contributed by atoms with van der Waals surface area (Å²) in [5.74, 6) is 0. The highest BCUT2D eigenvalue weighted by Gasteiger charge is 2.18. The summed E-state index contributed by atoms with van der Waals surface area (Å²) in [5.41, 5.74) is 0. The first kappa shape index (κ1) is 18.9. The highest BCUT2D eigenvalue weighted by Crippen LogP contribution is 2.70. The lowest BCUT2D eigenvalue weighted by molar-refractivity contribution is 0.864. The van der Waals surface area contributed by atoms with Gasteiger partial charge in [-0.05, 0) is 50.3 Å². The maximum absolute atomic E-state index is 2.35. The second kappa shape index (κ2) is 14.3. The van der Waals surface area contributed by atoms with Crippen molar-refractivity contribution in [3.8, 4) is 0 Å². The smallest absolute Gasteiger partial charge is 0.0287 e. The third-order valence-electron chi connectivity index (χ3n) is 3.48. The molecule has 0 radical (unpaired) electrons. The Morgan fingerprint density at radius 2 is 0.667 bits per heavy atom. The van der Waals surface area contributed by atoms with Crippen LogP contribution in [0.15, 0.2) is 0 Å². The fourth-order valence-electron chi connectivity index (χ4n) is 2.15. The molecular weight excluding hydrogens is 254 g/mol. The molecule has 0 saturated heterocycles. The second-order valence-electron chi connectivity index (χ2n) is 5.32. The molecule has 0 atom stereocenters. The summed E-state index contributed by atoms with van der Waals surface area (Å²) in [6.45, 7) is 9.42. The maximum atomic E-state index is 2.35. The molecule has 0 aliphatic heterocycles. The Morgan fingerprint density at radius 1 is 0.444 bits per heavy atom. The summed E-state index contributed by atoms with van der Waals surface area (Å²) < 4.78 is 0. The van der Waals surface area contributed by atoms with Crippen LogP contribution >= 0.6 is 15.2 Å². The minimum atomic E-state index is 0.406. The lowest BCUT2D eigenvalue weighted by atomic mass is 10.4. The summed E-state index contributed by atoms with van der Waals surface area (Å²) in [6, 6.07) is 0. The molecule has 0 N–H and O–H groups in total. The van der Waals surface area contributed by atoms with Gasteiger partial charge in [-0.2, -0.15) is 0 Å². The Hall–Kier alpha value is 0.860. The van der Waals surface area contributed by atoms with E-state index in [1.807, 2.05) is 0 Å². The molecule has 0 spiro atoms. The van der Waals surface area contributed by atoms with Crippen molar-refractivity contribution >= 4 is 15.2 Å². The minimum absolute atomic E-state index is 0.406. The van der Waals surface area contributed by atoms with Gasteiger partial charge >= 0.3 is 0 Å². The van der Waals surface area contributed by atoms with Crippen LogP contribution < -0.4 is 0 Å². The van der Waals surface area contributed by atoms with Crippen molar-refractivity contribution in [3.63, 3.8) is 0 Å². The Morgan fingerprint density at radius 3 is 0.833 bits per heavy atom. The molecule has 0 amide bonds. The van der Waals surface area contributed by atoms with Gasteiger partial charge in [0, 0.05) is 0 Å². The van der Waals surface area contributed by atoms with Crippen molar-refractivity contribution in [3.05, 3.63) is 0 Å². The molecule has 110 valence electrons. The summed E-state index contributed by atoms with van der Waals surface area (Å²) in [6.07, 6.45) is 17.9. The molecule has 0 aliphatic rings. The molecular formula is C16H36P2. The molecule has 0 fully saturated rings. The molecule has 18 heavy (non-hydrogen) atoms. The normalized spacial score (nSPS) is 11.7. The zero-order chi connectivity index (χ0) is 13.6. The van der Waals surface area contributed by atoms with Crippen molar-refractivity contribution in [2.24, 2.45) is 0 Å². The van der Waals surface area contributed by atoms with Crippen LogP contribution in [0, 0.1) is 0 Å². The van der Waals surface area contributed by atoms with E-state index in [0.29, 0.717) is 15.2 Å². The van der Waals surface area contributed by atoms with Gasteiger partial charge in [0.15, 0.2) is 0 Å². The average Bonchev–Trinajstić information content (AvgIpc) is 2.40.